The zero-order valence-corrected chi connectivity index (χ0v) is 13.8. The van der Waals surface area contributed by atoms with E-state index in [0.717, 1.165) is 12.1 Å². The van der Waals surface area contributed by atoms with Crippen LogP contribution in [0.5, 0.6) is 0 Å². The van der Waals surface area contributed by atoms with Crippen LogP contribution in [0.2, 0.25) is 0 Å². The van der Waals surface area contributed by atoms with Gasteiger partial charge in [-0.25, -0.2) is 13.8 Å². The highest BCUT2D eigenvalue weighted by Crippen LogP contribution is 2.22. The Balaban J connectivity index is 3.10. The number of alkyl halides is 3. The Kier molecular flexibility index (Phi) is 7.59. The number of rotatable bonds is 9. The van der Waals surface area contributed by atoms with Crippen molar-refractivity contribution in [3.05, 3.63) is 23.8 Å². The second-order valence-electron chi connectivity index (χ2n) is 4.73. The molecule has 140 valence electrons. The van der Waals surface area contributed by atoms with Crippen molar-refractivity contribution in [3.63, 3.8) is 0 Å². The van der Waals surface area contributed by atoms with E-state index in [0.29, 0.717) is 4.41 Å². The molecule has 0 aliphatic rings. The predicted molar refractivity (Wildman–Crippen MR) is 81.4 cm³/mol. The van der Waals surface area contributed by atoms with Gasteiger partial charge in [-0.3, -0.25) is 0 Å². The first-order valence-corrected chi connectivity index (χ1v) is 8.37. The maximum Gasteiger partial charge on any atom is 0.402 e. The van der Waals surface area contributed by atoms with E-state index in [1.165, 1.54) is 6.07 Å². The molecule has 0 fully saturated rings. The fourth-order valence-electron chi connectivity index (χ4n) is 1.75. The molecule has 0 aromatic heterocycles. The number of ether oxygens (including phenoxy) is 1. The molecule has 0 aliphatic carbocycles. The Bertz CT molecular complexity index is 719. The van der Waals surface area contributed by atoms with Crippen LogP contribution in [-0.2, 0) is 14.8 Å². The minimum Gasteiger partial charge on any atom is -0.399 e. The zero-order chi connectivity index (χ0) is 19.1. The average Bonchev–Trinajstić information content (AvgIpc) is 2.52. The molecule has 0 atom stereocenters. The lowest BCUT2D eigenvalue weighted by Gasteiger charge is -2.24. The number of anilines is 1. The van der Waals surface area contributed by atoms with Gasteiger partial charge in [0.05, 0.1) is 31.9 Å². The number of hydrogen-bond acceptors (Lipinski definition) is 7. The number of hydrogen-bond donors (Lipinski definition) is 3. The quantitative estimate of drug-likeness (QED) is 0.316. The maximum atomic E-state index is 12.6. The Morgan fingerprint density at radius 1 is 1.36 bits per heavy atom. The van der Waals surface area contributed by atoms with Crippen LogP contribution in [0.1, 0.15) is 5.56 Å². The van der Waals surface area contributed by atoms with Gasteiger partial charge in [-0.2, -0.15) is 18.4 Å². The van der Waals surface area contributed by atoms with Crippen LogP contribution in [0.3, 0.4) is 0 Å². The van der Waals surface area contributed by atoms with Gasteiger partial charge in [0.25, 0.3) is 10.0 Å². The molecule has 1 rings (SSSR count). The Hall–Kier alpha value is -1.91. The molecular formula is C13H17F3N4O4S. The largest absolute Gasteiger partial charge is 0.402 e. The third-order valence-electron chi connectivity index (χ3n) is 2.82. The second-order valence-corrected chi connectivity index (χ2v) is 6.56. The number of sulfonamides is 1. The van der Waals surface area contributed by atoms with Crippen LogP contribution in [0, 0.1) is 11.3 Å². The standard InChI is InChI=1S/C13H17F3N4O4S/c14-13(15,16)9-19-20(3-5-24-6-4-21)25(22,23)12-2-1-11(18)7-10(12)8-17/h1-2,7,19,21H,3-6,9,18H2. The SMILES string of the molecule is N#Cc1cc(N)ccc1S(=O)(=O)N(CCOCCO)NCC(F)(F)F. The van der Waals surface area contributed by atoms with Gasteiger partial charge in [0, 0.05) is 5.69 Å². The smallest absolute Gasteiger partial charge is 0.399 e. The lowest BCUT2D eigenvalue weighted by molar-refractivity contribution is -0.131. The van der Waals surface area contributed by atoms with Crippen molar-refractivity contribution >= 4 is 15.7 Å². The van der Waals surface area contributed by atoms with Crippen molar-refractivity contribution in [1.82, 2.24) is 9.84 Å². The predicted octanol–water partition coefficient (Wildman–Crippen LogP) is 0.207. The molecule has 4 N–H and O–H groups in total. The normalized spacial score (nSPS) is 12.3. The van der Waals surface area contributed by atoms with Crippen molar-refractivity contribution in [2.24, 2.45) is 0 Å². The molecule has 0 heterocycles. The third-order valence-corrected chi connectivity index (χ3v) is 4.63. The topological polar surface area (TPSA) is 129 Å². The Labute approximate surface area is 142 Å². The lowest BCUT2D eigenvalue weighted by Crippen LogP contribution is -2.48. The van der Waals surface area contributed by atoms with Crippen LogP contribution in [-0.4, -0.2) is 57.0 Å². The van der Waals surface area contributed by atoms with E-state index in [-0.39, 0.29) is 31.1 Å². The van der Waals surface area contributed by atoms with E-state index < -0.39 is 34.2 Å². The first-order chi connectivity index (χ1) is 11.6. The van der Waals surface area contributed by atoms with Crippen molar-refractivity contribution in [2.45, 2.75) is 11.1 Å². The van der Waals surface area contributed by atoms with E-state index in [1.807, 2.05) is 0 Å². The average molecular weight is 382 g/mol. The minimum atomic E-state index is -4.65. The maximum absolute atomic E-state index is 12.6. The van der Waals surface area contributed by atoms with Gasteiger partial charge in [0.2, 0.25) is 0 Å². The van der Waals surface area contributed by atoms with Gasteiger partial charge >= 0.3 is 6.18 Å². The lowest BCUT2D eigenvalue weighted by atomic mass is 10.2. The van der Waals surface area contributed by atoms with Crippen LogP contribution in [0.25, 0.3) is 0 Å². The van der Waals surface area contributed by atoms with Crippen molar-refractivity contribution in [2.75, 3.05) is 38.6 Å². The number of nitrogen functional groups attached to an aromatic ring is 1. The summed E-state index contributed by atoms with van der Waals surface area (Å²) in [5.41, 5.74) is 7.10. The van der Waals surface area contributed by atoms with Crippen LogP contribution in [0.15, 0.2) is 23.1 Å². The Morgan fingerprint density at radius 2 is 2.04 bits per heavy atom. The molecule has 0 unspecified atom stereocenters. The summed E-state index contributed by atoms with van der Waals surface area (Å²) in [7, 11) is -4.47. The fourth-order valence-corrected chi connectivity index (χ4v) is 3.16. The fraction of sp³-hybridized carbons (Fsp3) is 0.462. The van der Waals surface area contributed by atoms with Crippen LogP contribution in [0.4, 0.5) is 18.9 Å². The summed E-state index contributed by atoms with van der Waals surface area (Å²) in [6.45, 7) is -2.74. The first-order valence-electron chi connectivity index (χ1n) is 6.93. The minimum absolute atomic E-state index is 0.0987. The molecular weight excluding hydrogens is 365 g/mol. The van der Waals surface area contributed by atoms with E-state index in [9.17, 15) is 21.6 Å². The van der Waals surface area contributed by atoms with Crippen molar-refractivity contribution < 1.29 is 31.4 Å². The molecule has 0 saturated heterocycles. The first kappa shape index (κ1) is 21.1. The zero-order valence-electron chi connectivity index (χ0n) is 13.0. The van der Waals surface area contributed by atoms with Crippen LogP contribution < -0.4 is 11.2 Å². The molecule has 1 aromatic rings. The highest BCUT2D eigenvalue weighted by Gasteiger charge is 2.33. The summed E-state index contributed by atoms with van der Waals surface area (Å²) in [6.07, 6.45) is -4.65. The van der Waals surface area contributed by atoms with E-state index in [1.54, 1.807) is 11.5 Å². The molecule has 0 radical (unpaired) electrons. The number of aliphatic hydroxyl groups is 1. The van der Waals surface area contributed by atoms with Gasteiger partial charge in [0.1, 0.15) is 17.5 Å². The molecule has 25 heavy (non-hydrogen) atoms. The van der Waals surface area contributed by atoms with E-state index in [2.05, 4.69) is 0 Å². The van der Waals surface area contributed by atoms with E-state index >= 15 is 0 Å². The number of halogens is 3. The molecule has 12 heteroatoms. The number of nitrogens with zero attached hydrogens (tertiary/aromatic N) is 2. The van der Waals surface area contributed by atoms with Crippen LogP contribution >= 0.6 is 0 Å². The molecule has 0 amide bonds. The van der Waals surface area contributed by atoms with E-state index in [4.69, 9.17) is 20.8 Å². The number of nitrogens with two attached hydrogens (primary N) is 1. The number of nitrogens with one attached hydrogen (secondary N) is 1. The highest BCUT2D eigenvalue weighted by molar-refractivity contribution is 7.89. The number of aliphatic hydroxyl groups excluding tert-OH is 1. The molecule has 1 aromatic carbocycles. The summed E-state index contributed by atoms with van der Waals surface area (Å²) in [6, 6.07) is 5.02. The van der Waals surface area contributed by atoms with Crippen molar-refractivity contribution in [3.8, 4) is 6.07 Å². The van der Waals surface area contributed by atoms with Crippen molar-refractivity contribution in [1.29, 1.82) is 5.26 Å². The monoisotopic (exact) mass is 382 g/mol. The summed E-state index contributed by atoms with van der Waals surface area (Å²) < 4.78 is 67.7. The molecule has 0 saturated carbocycles. The summed E-state index contributed by atoms with van der Waals surface area (Å²) in [5, 5.41) is 17.7. The number of hydrazine groups is 1. The van der Waals surface area contributed by atoms with Gasteiger partial charge in [-0.15, -0.1) is 4.41 Å². The summed E-state index contributed by atoms with van der Waals surface area (Å²) in [5.74, 6) is 0. The van der Waals surface area contributed by atoms with Gasteiger partial charge in [-0.05, 0) is 18.2 Å². The van der Waals surface area contributed by atoms with Gasteiger partial charge < -0.3 is 15.6 Å². The summed E-state index contributed by atoms with van der Waals surface area (Å²) >= 11 is 0. The second kappa shape index (κ2) is 8.97. The number of benzene rings is 1. The molecule has 0 spiro atoms. The summed E-state index contributed by atoms with van der Waals surface area (Å²) in [4.78, 5) is -0.485. The van der Waals surface area contributed by atoms with Gasteiger partial charge in [0.15, 0.2) is 0 Å². The molecule has 0 bridgehead atoms. The van der Waals surface area contributed by atoms with Gasteiger partial charge in [-0.1, -0.05) is 0 Å². The molecule has 0 aliphatic heterocycles. The Morgan fingerprint density at radius 3 is 2.60 bits per heavy atom. The molecule has 8 nitrogen and oxygen atoms in total. The highest BCUT2D eigenvalue weighted by atomic mass is 32.2. The number of nitriles is 1. The third kappa shape index (κ3) is 6.48.